The van der Waals surface area contributed by atoms with E-state index in [1.807, 2.05) is 46.8 Å². The van der Waals surface area contributed by atoms with Gasteiger partial charge in [-0.1, -0.05) is 62.2 Å². The summed E-state index contributed by atoms with van der Waals surface area (Å²) in [5.74, 6) is 0.888. The van der Waals surface area contributed by atoms with Crippen LogP contribution in [0, 0.1) is 0 Å². The Kier molecular flexibility index (Phi) is 4.60. The van der Waals surface area contributed by atoms with Crippen LogP contribution in [0.2, 0.25) is 0 Å². The molecule has 2 heterocycles. The molecule has 1 aliphatic rings. The van der Waals surface area contributed by atoms with E-state index in [0.717, 1.165) is 30.7 Å². The summed E-state index contributed by atoms with van der Waals surface area (Å²) in [5, 5.41) is 0. The Morgan fingerprint density at radius 2 is 2.09 bits per heavy atom. The second-order valence-electron chi connectivity index (χ2n) is 5.99. The maximum atomic E-state index is 12.9. The molecule has 4 nitrogen and oxygen atoms in total. The number of rotatable bonds is 5. The van der Waals surface area contributed by atoms with Crippen LogP contribution in [0.1, 0.15) is 36.7 Å². The first-order valence-electron chi connectivity index (χ1n) is 8.27. The fourth-order valence-corrected chi connectivity index (χ4v) is 3.08. The molecule has 23 heavy (non-hydrogen) atoms. The number of amides is 1. The van der Waals surface area contributed by atoms with Crippen LogP contribution >= 0.6 is 0 Å². The van der Waals surface area contributed by atoms with Crippen molar-refractivity contribution >= 4 is 5.91 Å². The van der Waals surface area contributed by atoms with Gasteiger partial charge in [0.15, 0.2) is 0 Å². The number of benzene rings is 1. The Labute approximate surface area is 137 Å². The van der Waals surface area contributed by atoms with Crippen LogP contribution in [-0.2, 0) is 7.05 Å². The molecule has 3 rings (SSSR count). The molecule has 0 saturated heterocycles. The lowest BCUT2D eigenvalue weighted by atomic mass is 10.1. The highest BCUT2D eigenvalue weighted by atomic mass is 16.2. The minimum absolute atomic E-state index is 0.0632. The Bertz CT molecular complexity index is 703. The minimum atomic E-state index is 0.0632. The minimum Gasteiger partial charge on any atom is -0.327 e. The Morgan fingerprint density at radius 3 is 2.83 bits per heavy atom. The molecule has 0 saturated carbocycles. The van der Waals surface area contributed by atoms with Crippen LogP contribution in [0.3, 0.4) is 0 Å². The lowest BCUT2D eigenvalue weighted by molar-refractivity contribution is 0.0734. The fourth-order valence-electron chi connectivity index (χ4n) is 3.08. The van der Waals surface area contributed by atoms with Gasteiger partial charge in [-0.15, -0.1) is 0 Å². The number of aromatic nitrogens is 2. The zero-order chi connectivity index (χ0) is 16.2. The zero-order valence-corrected chi connectivity index (χ0v) is 13.8. The highest BCUT2D eigenvalue weighted by Gasteiger charge is 2.27. The molecule has 0 fully saturated rings. The van der Waals surface area contributed by atoms with Crippen LogP contribution < -0.4 is 0 Å². The van der Waals surface area contributed by atoms with E-state index in [4.69, 9.17) is 0 Å². The van der Waals surface area contributed by atoms with Gasteiger partial charge in [0, 0.05) is 19.2 Å². The van der Waals surface area contributed by atoms with E-state index in [-0.39, 0.29) is 11.9 Å². The molecular weight excluding hydrogens is 286 g/mol. The van der Waals surface area contributed by atoms with Crippen molar-refractivity contribution in [2.75, 3.05) is 6.54 Å². The lowest BCUT2D eigenvalue weighted by Gasteiger charge is -2.24. The van der Waals surface area contributed by atoms with Gasteiger partial charge in [0.25, 0.3) is 5.91 Å². The van der Waals surface area contributed by atoms with E-state index in [9.17, 15) is 4.79 Å². The van der Waals surface area contributed by atoms with E-state index >= 15 is 0 Å². The van der Waals surface area contributed by atoms with Gasteiger partial charge < -0.3 is 9.47 Å². The first-order valence-corrected chi connectivity index (χ1v) is 8.27. The maximum absolute atomic E-state index is 12.9. The largest absolute Gasteiger partial charge is 0.327 e. The summed E-state index contributed by atoms with van der Waals surface area (Å²) in [5.41, 5.74) is 1.67. The predicted octanol–water partition coefficient (Wildman–Crippen LogP) is 3.66. The summed E-state index contributed by atoms with van der Waals surface area (Å²) >= 11 is 0. The average molecular weight is 309 g/mol. The van der Waals surface area contributed by atoms with Gasteiger partial charge in [0.2, 0.25) is 0 Å². The van der Waals surface area contributed by atoms with Crippen molar-refractivity contribution in [3.05, 3.63) is 54.4 Å². The third-order valence-corrected chi connectivity index (χ3v) is 4.41. The molecule has 1 aromatic carbocycles. The topological polar surface area (TPSA) is 38.1 Å². The molecule has 2 aromatic rings. The third-order valence-electron chi connectivity index (χ3n) is 4.41. The highest BCUT2D eigenvalue weighted by molar-refractivity contribution is 5.94. The van der Waals surface area contributed by atoms with Crippen molar-refractivity contribution in [1.29, 1.82) is 0 Å². The summed E-state index contributed by atoms with van der Waals surface area (Å²) < 4.78 is 1.90. The third kappa shape index (κ3) is 3.07. The predicted molar refractivity (Wildman–Crippen MR) is 92.1 cm³/mol. The number of carbonyl (C=O) groups excluding carboxylic acids is 1. The van der Waals surface area contributed by atoms with Gasteiger partial charge in [0.05, 0.1) is 12.2 Å². The Balaban J connectivity index is 1.82. The molecule has 1 atom stereocenters. The van der Waals surface area contributed by atoms with Gasteiger partial charge in [-0.05, 0) is 6.42 Å². The van der Waals surface area contributed by atoms with Gasteiger partial charge in [-0.2, -0.15) is 0 Å². The average Bonchev–Trinajstić information content (AvgIpc) is 3.19. The van der Waals surface area contributed by atoms with E-state index in [1.165, 1.54) is 0 Å². The van der Waals surface area contributed by atoms with Crippen molar-refractivity contribution in [3.8, 4) is 11.4 Å². The van der Waals surface area contributed by atoms with Gasteiger partial charge in [-0.25, -0.2) is 4.98 Å². The van der Waals surface area contributed by atoms with E-state index < -0.39 is 0 Å². The SMILES string of the molecule is CCCCC1C=CCN1C(=O)c1cnc(-c2ccccc2)n1C. The summed E-state index contributed by atoms with van der Waals surface area (Å²) in [4.78, 5) is 19.3. The van der Waals surface area contributed by atoms with E-state index in [2.05, 4.69) is 24.1 Å². The van der Waals surface area contributed by atoms with Crippen LogP contribution in [0.5, 0.6) is 0 Å². The van der Waals surface area contributed by atoms with Crippen LogP contribution in [0.25, 0.3) is 11.4 Å². The number of imidazole rings is 1. The maximum Gasteiger partial charge on any atom is 0.272 e. The Hall–Kier alpha value is -2.36. The zero-order valence-electron chi connectivity index (χ0n) is 13.8. The molecule has 4 heteroatoms. The quantitative estimate of drug-likeness (QED) is 0.791. The standard InChI is InChI=1S/C19H23N3O/c1-3-4-11-16-12-8-13-22(16)19(23)17-14-20-18(21(17)2)15-9-6-5-7-10-15/h5-10,12,14,16H,3-4,11,13H2,1-2H3. The molecule has 1 aliphatic heterocycles. The van der Waals surface area contributed by atoms with Crippen molar-refractivity contribution in [1.82, 2.24) is 14.5 Å². The number of nitrogens with zero attached hydrogens (tertiary/aromatic N) is 3. The van der Waals surface area contributed by atoms with Gasteiger partial charge in [0.1, 0.15) is 11.5 Å². The second kappa shape index (κ2) is 6.82. The molecule has 0 spiro atoms. The normalized spacial score (nSPS) is 17.0. The second-order valence-corrected chi connectivity index (χ2v) is 5.99. The van der Waals surface area contributed by atoms with Crippen molar-refractivity contribution < 1.29 is 4.79 Å². The van der Waals surface area contributed by atoms with E-state index in [1.54, 1.807) is 6.20 Å². The Morgan fingerprint density at radius 1 is 1.30 bits per heavy atom. The molecule has 0 aliphatic carbocycles. The highest BCUT2D eigenvalue weighted by Crippen LogP contribution is 2.22. The smallest absolute Gasteiger partial charge is 0.272 e. The molecule has 0 N–H and O–H groups in total. The van der Waals surface area contributed by atoms with E-state index in [0.29, 0.717) is 12.2 Å². The molecule has 0 radical (unpaired) electrons. The summed E-state index contributed by atoms with van der Waals surface area (Å²) in [6.07, 6.45) is 9.26. The fraction of sp³-hybridized carbons (Fsp3) is 0.368. The van der Waals surface area contributed by atoms with Crippen molar-refractivity contribution in [3.63, 3.8) is 0 Å². The molecule has 1 aromatic heterocycles. The number of hydrogen-bond donors (Lipinski definition) is 0. The molecule has 1 unspecified atom stereocenters. The lowest BCUT2D eigenvalue weighted by Crippen LogP contribution is -2.37. The number of carbonyl (C=O) groups is 1. The first-order chi connectivity index (χ1) is 11.2. The van der Waals surface area contributed by atoms with Gasteiger partial charge in [-0.3, -0.25) is 4.79 Å². The summed E-state index contributed by atoms with van der Waals surface area (Å²) in [6.45, 7) is 2.87. The monoisotopic (exact) mass is 309 g/mol. The van der Waals surface area contributed by atoms with Gasteiger partial charge >= 0.3 is 0 Å². The van der Waals surface area contributed by atoms with Crippen molar-refractivity contribution in [2.24, 2.45) is 7.05 Å². The molecule has 120 valence electrons. The molecular formula is C19H23N3O. The summed E-state index contributed by atoms with van der Waals surface area (Å²) in [6, 6.07) is 10.2. The number of unbranched alkanes of at least 4 members (excludes halogenated alkanes) is 1. The number of hydrogen-bond acceptors (Lipinski definition) is 2. The van der Waals surface area contributed by atoms with Crippen molar-refractivity contribution in [2.45, 2.75) is 32.2 Å². The summed E-state index contributed by atoms with van der Waals surface area (Å²) in [7, 11) is 1.91. The molecule has 1 amide bonds. The van der Waals surface area contributed by atoms with Crippen LogP contribution in [0.15, 0.2) is 48.7 Å². The molecule has 0 bridgehead atoms. The first kappa shape index (κ1) is 15.5. The van der Waals surface area contributed by atoms with Crippen LogP contribution in [0.4, 0.5) is 0 Å². The van der Waals surface area contributed by atoms with Crippen LogP contribution in [-0.4, -0.2) is 32.9 Å².